The molecule has 1 fully saturated rings. The number of amides is 3. The van der Waals surface area contributed by atoms with E-state index in [1.165, 1.54) is 12.1 Å². The molecular formula is C29H39FN8O2. The molecule has 3 amide bonds. The topological polar surface area (TPSA) is 108 Å². The van der Waals surface area contributed by atoms with Gasteiger partial charge in [0.15, 0.2) is 5.82 Å². The fourth-order valence-electron chi connectivity index (χ4n) is 5.48. The number of tetrazole rings is 1. The predicted molar refractivity (Wildman–Crippen MR) is 152 cm³/mol. The SMILES string of the molecule is CC(=O)N(C)[C@@H]1CC[C@@H](NC(=O)Nc2cccc(-c3nnnn3C)c2)C(CN(C)CCCc2ccc(F)cc2)C1. The maximum atomic E-state index is 13.2. The van der Waals surface area contributed by atoms with Crippen LogP contribution in [0.5, 0.6) is 0 Å². The van der Waals surface area contributed by atoms with Gasteiger partial charge in [-0.3, -0.25) is 4.79 Å². The molecule has 1 unspecified atom stereocenters. The molecule has 1 aliphatic carbocycles. The van der Waals surface area contributed by atoms with Gasteiger partial charge in [0.05, 0.1) is 0 Å². The van der Waals surface area contributed by atoms with Crippen molar-refractivity contribution in [2.75, 3.05) is 32.5 Å². The molecular weight excluding hydrogens is 511 g/mol. The molecule has 0 saturated heterocycles. The zero-order valence-corrected chi connectivity index (χ0v) is 23.7. The molecule has 1 aliphatic rings. The molecule has 1 saturated carbocycles. The van der Waals surface area contributed by atoms with Gasteiger partial charge in [-0.25, -0.2) is 13.9 Å². The number of carbonyl (C=O) groups excluding carboxylic acids is 2. The van der Waals surface area contributed by atoms with E-state index in [0.717, 1.165) is 56.3 Å². The van der Waals surface area contributed by atoms with Crippen molar-refractivity contribution in [3.05, 3.63) is 59.9 Å². The first-order valence-electron chi connectivity index (χ1n) is 13.8. The molecule has 3 aromatic rings. The minimum atomic E-state index is -0.263. The van der Waals surface area contributed by atoms with E-state index in [1.54, 1.807) is 18.7 Å². The lowest BCUT2D eigenvalue weighted by molar-refractivity contribution is -0.130. The van der Waals surface area contributed by atoms with Crippen molar-refractivity contribution in [1.29, 1.82) is 0 Å². The number of benzene rings is 2. The Kier molecular flexibility index (Phi) is 9.81. The van der Waals surface area contributed by atoms with Crippen molar-refractivity contribution in [2.24, 2.45) is 13.0 Å². The summed E-state index contributed by atoms with van der Waals surface area (Å²) < 4.78 is 14.8. The van der Waals surface area contributed by atoms with Crippen LogP contribution in [0.4, 0.5) is 14.9 Å². The average molecular weight is 551 g/mol. The monoisotopic (exact) mass is 550 g/mol. The average Bonchev–Trinajstić information content (AvgIpc) is 3.36. The van der Waals surface area contributed by atoms with Gasteiger partial charge in [-0.2, -0.15) is 0 Å². The first kappa shape index (κ1) is 29.1. The van der Waals surface area contributed by atoms with Gasteiger partial charge in [0, 0.05) is 50.9 Å². The molecule has 2 aromatic carbocycles. The van der Waals surface area contributed by atoms with E-state index in [-0.39, 0.29) is 35.8 Å². The smallest absolute Gasteiger partial charge is 0.319 e. The standard InChI is InChI=1S/C29H39FN8O2/c1-20(39)37(3)26-14-15-27(23(18-26)19-36(2)16-6-7-21-10-12-24(30)13-11-21)32-29(40)31-25-9-5-8-22(17-25)28-33-34-35-38(28)4/h5,8-13,17,23,26-27H,6-7,14-16,18-19H2,1-4H3,(H2,31,32,40)/t23?,26-,27-/m1/s1. The molecule has 2 N–H and O–H groups in total. The van der Waals surface area contributed by atoms with Crippen LogP contribution in [0.25, 0.3) is 11.4 Å². The molecule has 1 aromatic heterocycles. The Bertz CT molecular complexity index is 1280. The van der Waals surface area contributed by atoms with Gasteiger partial charge in [0.2, 0.25) is 5.91 Å². The molecule has 40 heavy (non-hydrogen) atoms. The molecule has 10 nitrogen and oxygen atoms in total. The van der Waals surface area contributed by atoms with Gasteiger partial charge in [-0.1, -0.05) is 24.3 Å². The second-order valence-corrected chi connectivity index (χ2v) is 10.8. The van der Waals surface area contributed by atoms with E-state index in [9.17, 15) is 14.0 Å². The van der Waals surface area contributed by atoms with Crippen LogP contribution in [0.2, 0.25) is 0 Å². The number of aryl methyl sites for hydroxylation is 2. The molecule has 4 rings (SSSR count). The molecule has 1 heterocycles. The normalized spacial score (nSPS) is 18.9. The highest BCUT2D eigenvalue weighted by molar-refractivity contribution is 5.90. The highest BCUT2D eigenvalue weighted by Gasteiger charge is 2.34. The van der Waals surface area contributed by atoms with Crippen molar-refractivity contribution < 1.29 is 14.0 Å². The summed E-state index contributed by atoms with van der Waals surface area (Å²) >= 11 is 0. The zero-order chi connectivity index (χ0) is 28.6. The fraction of sp³-hybridized carbons (Fsp3) is 0.483. The number of hydrogen-bond acceptors (Lipinski definition) is 6. The van der Waals surface area contributed by atoms with Crippen molar-refractivity contribution in [1.82, 2.24) is 35.3 Å². The quantitative estimate of drug-likeness (QED) is 0.398. The van der Waals surface area contributed by atoms with Gasteiger partial charge in [0.1, 0.15) is 5.82 Å². The lowest BCUT2D eigenvalue weighted by Crippen LogP contribution is -2.52. The van der Waals surface area contributed by atoms with Gasteiger partial charge < -0.3 is 20.4 Å². The molecule has 11 heteroatoms. The Hall–Kier alpha value is -3.86. The predicted octanol–water partition coefficient (Wildman–Crippen LogP) is 3.72. The third-order valence-corrected chi connectivity index (χ3v) is 7.78. The van der Waals surface area contributed by atoms with Gasteiger partial charge >= 0.3 is 6.03 Å². The van der Waals surface area contributed by atoms with Crippen LogP contribution >= 0.6 is 0 Å². The fourth-order valence-corrected chi connectivity index (χ4v) is 5.48. The number of urea groups is 1. The zero-order valence-electron chi connectivity index (χ0n) is 23.7. The van der Waals surface area contributed by atoms with Gasteiger partial charge in [0.25, 0.3) is 0 Å². The Morgan fingerprint density at radius 3 is 2.60 bits per heavy atom. The number of anilines is 1. The summed E-state index contributed by atoms with van der Waals surface area (Å²) in [7, 11) is 5.71. The van der Waals surface area contributed by atoms with E-state index >= 15 is 0 Å². The van der Waals surface area contributed by atoms with Crippen molar-refractivity contribution in [2.45, 2.75) is 51.1 Å². The van der Waals surface area contributed by atoms with Crippen molar-refractivity contribution >= 4 is 17.6 Å². The van der Waals surface area contributed by atoms with E-state index in [0.29, 0.717) is 11.5 Å². The van der Waals surface area contributed by atoms with Crippen molar-refractivity contribution in [3.63, 3.8) is 0 Å². The molecule has 0 radical (unpaired) electrons. The number of carbonyl (C=O) groups is 2. The molecule has 0 aliphatic heterocycles. The summed E-state index contributed by atoms with van der Waals surface area (Å²) in [6.07, 6.45) is 4.26. The molecule has 3 atom stereocenters. The first-order chi connectivity index (χ1) is 19.2. The first-order valence-corrected chi connectivity index (χ1v) is 13.8. The van der Waals surface area contributed by atoms with Crippen LogP contribution in [0.15, 0.2) is 48.5 Å². The third kappa shape index (κ3) is 7.84. The van der Waals surface area contributed by atoms with Crippen LogP contribution < -0.4 is 10.6 Å². The lowest BCUT2D eigenvalue weighted by atomic mass is 9.80. The Labute approximate surface area is 234 Å². The number of rotatable bonds is 10. The maximum absolute atomic E-state index is 13.2. The summed E-state index contributed by atoms with van der Waals surface area (Å²) in [5, 5.41) is 17.8. The van der Waals surface area contributed by atoms with Crippen LogP contribution in [-0.2, 0) is 18.3 Å². The molecule has 0 bridgehead atoms. The minimum Gasteiger partial charge on any atom is -0.343 e. The van der Waals surface area contributed by atoms with Gasteiger partial charge in [-0.05, 0) is 91.9 Å². The van der Waals surface area contributed by atoms with Crippen LogP contribution in [0, 0.1) is 11.7 Å². The summed E-state index contributed by atoms with van der Waals surface area (Å²) in [5.41, 5.74) is 2.57. The lowest BCUT2D eigenvalue weighted by Gasteiger charge is -2.41. The Morgan fingerprint density at radius 2 is 1.90 bits per heavy atom. The largest absolute Gasteiger partial charge is 0.343 e. The highest BCUT2D eigenvalue weighted by atomic mass is 19.1. The number of aromatic nitrogens is 4. The van der Waals surface area contributed by atoms with Gasteiger partial charge in [-0.15, -0.1) is 5.10 Å². The third-order valence-electron chi connectivity index (χ3n) is 7.78. The van der Waals surface area contributed by atoms with Crippen LogP contribution in [0.3, 0.4) is 0 Å². The Morgan fingerprint density at radius 1 is 1.12 bits per heavy atom. The highest BCUT2D eigenvalue weighted by Crippen LogP contribution is 2.29. The summed E-state index contributed by atoms with van der Waals surface area (Å²) in [4.78, 5) is 29.3. The van der Waals surface area contributed by atoms with E-state index < -0.39 is 0 Å². The molecule has 214 valence electrons. The Balaban J connectivity index is 1.36. The van der Waals surface area contributed by atoms with Crippen molar-refractivity contribution in [3.8, 4) is 11.4 Å². The maximum Gasteiger partial charge on any atom is 0.319 e. The van der Waals surface area contributed by atoms with Crippen LogP contribution in [0.1, 0.15) is 38.2 Å². The second kappa shape index (κ2) is 13.5. The van der Waals surface area contributed by atoms with E-state index in [2.05, 4.69) is 38.1 Å². The summed E-state index contributed by atoms with van der Waals surface area (Å²) in [5.74, 6) is 0.623. The summed E-state index contributed by atoms with van der Waals surface area (Å²) in [6.45, 7) is 3.27. The molecule has 0 spiro atoms. The number of nitrogens with one attached hydrogen (secondary N) is 2. The number of hydrogen-bond donors (Lipinski definition) is 2. The van der Waals surface area contributed by atoms with E-state index in [1.807, 2.05) is 48.3 Å². The van der Waals surface area contributed by atoms with Crippen LogP contribution in [-0.4, -0.2) is 81.2 Å². The second-order valence-electron chi connectivity index (χ2n) is 10.8. The van der Waals surface area contributed by atoms with E-state index in [4.69, 9.17) is 0 Å². The number of nitrogens with zero attached hydrogens (tertiary/aromatic N) is 6. The number of halogens is 1. The minimum absolute atomic E-state index is 0.0257. The summed E-state index contributed by atoms with van der Waals surface area (Å²) in [6, 6.07) is 13.9.